The van der Waals surface area contributed by atoms with E-state index in [1.807, 2.05) is 10.6 Å². The monoisotopic (exact) mass is 248 g/mol. The lowest BCUT2D eigenvalue weighted by molar-refractivity contribution is 0.120. The third-order valence-electron chi connectivity index (χ3n) is 3.04. The van der Waals surface area contributed by atoms with Gasteiger partial charge in [0.1, 0.15) is 0 Å². The predicted molar refractivity (Wildman–Crippen MR) is 68.3 cm³/mol. The number of hydrogen-bond acceptors (Lipinski definition) is 6. The van der Waals surface area contributed by atoms with E-state index in [4.69, 9.17) is 10.6 Å². The normalized spacial score (nSPS) is 19.3. The van der Waals surface area contributed by atoms with Crippen molar-refractivity contribution < 1.29 is 4.74 Å². The van der Waals surface area contributed by atoms with Gasteiger partial charge in [-0.05, 0) is 12.8 Å². The van der Waals surface area contributed by atoms with Gasteiger partial charge in [0.25, 0.3) is 0 Å². The van der Waals surface area contributed by atoms with E-state index in [2.05, 4.69) is 20.7 Å². The zero-order valence-electron chi connectivity index (χ0n) is 9.97. The molecule has 1 fully saturated rings. The molecule has 1 saturated heterocycles. The summed E-state index contributed by atoms with van der Waals surface area (Å²) in [6.07, 6.45) is 7.86. The number of nitrogens with two attached hydrogens (primary N) is 1. The molecule has 3 rings (SSSR count). The number of fused-ring (bicyclic) bond motifs is 1. The topological polar surface area (TPSA) is 89.5 Å². The average molecular weight is 248 g/mol. The number of anilines is 2. The smallest absolute Gasteiger partial charge is 0.180 e. The van der Waals surface area contributed by atoms with E-state index >= 15 is 0 Å². The molecule has 18 heavy (non-hydrogen) atoms. The van der Waals surface area contributed by atoms with Crippen molar-refractivity contribution in [3.8, 4) is 0 Å². The van der Waals surface area contributed by atoms with Crippen LogP contribution in [0.4, 0.5) is 11.6 Å². The molecule has 1 aliphatic heterocycles. The van der Waals surface area contributed by atoms with Gasteiger partial charge in [0.2, 0.25) is 0 Å². The third-order valence-corrected chi connectivity index (χ3v) is 3.04. The lowest BCUT2D eigenvalue weighted by Gasteiger charge is -2.12. The second-order valence-corrected chi connectivity index (χ2v) is 4.29. The van der Waals surface area contributed by atoms with Crippen LogP contribution in [0.5, 0.6) is 0 Å². The summed E-state index contributed by atoms with van der Waals surface area (Å²) in [6.45, 7) is 1.59. The van der Waals surface area contributed by atoms with Gasteiger partial charge in [-0.1, -0.05) is 0 Å². The van der Waals surface area contributed by atoms with Crippen molar-refractivity contribution >= 4 is 17.3 Å². The minimum atomic E-state index is 0.260. The van der Waals surface area contributed by atoms with Crippen LogP contribution < -0.4 is 16.6 Å². The first-order valence-corrected chi connectivity index (χ1v) is 6.02. The van der Waals surface area contributed by atoms with Gasteiger partial charge in [-0.2, -0.15) is 0 Å². The van der Waals surface area contributed by atoms with E-state index in [0.29, 0.717) is 11.6 Å². The highest BCUT2D eigenvalue weighted by atomic mass is 16.5. The first-order valence-electron chi connectivity index (χ1n) is 6.02. The average Bonchev–Trinajstić information content (AvgIpc) is 3.06. The second kappa shape index (κ2) is 4.79. The number of hydrogen-bond donors (Lipinski definition) is 3. The maximum Gasteiger partial charge on any atom is 0.180 e. The van der Waals surface area contributed by atoms with Gasteiger partial charge in [0.15, 0.2) is 17.3 Å². The Hall–Kier alpha value is -1.86. The van der Waals surface area contributed by atoms with E-state index in [9.17, 15) is 0 Å². The summed E-state index contributed by atoms with van der Waals surface area (Å²) >= 11 is 0. The zero-order valence-corrected chi connectivity index (χ0v) is 9.97. The van der Waals surface area contributed by atoms with Crippen LogP contribution in [0.25, 0.3) is 5.65 Å². The fourth-order valence-corrected chi connectivity index (χ4v) is 2.14. The van der Waals surface area contributed by atoms with Crippen LogP contribution in [0.3, 0.4) is 0 Å². The van der Waals surface area contributed by atoms with Crippen LogP contribution in [-0.2, 0) is 4.74 Å². The predicted octanol–water partition coefficient (Wildman–Crippen LogP) is 0.606. The molecule has 7 nitrogen and oxygen atoms in total. The number of nitrogens with zero attached hydrogens (tertiary/aromatic N) is 3. The molecule has 0 aliphatic carbocycles. The van der Waals surface area contributed by atoms with Gasteiger partial charge in [-0.3, -0.25) is 0 Å². The fraction of sp³-hybridized carbons (Fsp3) is 0.455. The number of rotatable bonds is 4. The molecule has 1 aliphatic rings. The van der Waals surface area contributed by atoms with Crippen molar-refractivity contribution in [1.29, 1.82) is 0 Å². The van der Waals surface area contributed by atoms with Crippen LogP contribution in [0.2, 0.25) is 0 Å². The zero-order chi connectivity index (χ0) is 12.4. The molecule has 2 aromatic rings. The molecule has 3 heterocycles. The van der Waals surface area contributed by atoms with Crippen LogP contribution in [-0.4, -0.2) is 33.6 Å². The number of imidazole rings is 1. The molecule has 1 unspecified atom stereocenters. The van der Waals surface area contributed by atoms with Gasteiger partial charge in [-0.15, -0.1) is 0 Å². The lowest BCUT2D eigenvalue weighted by Crippen LogP contribution is -2.20. The molecule has 0 bridgehead atoms. The van der Waals surface area contributed by atoms with E-state index in [1.165, 1.54) is 0 Å². The van der Waals surface area contributed by atoms with Crippen molar-refractivity contribution in [3.05, 3.63) is 18.6 Å². The van der Waals surface area contributed by atoms with Crippen LogP contribution in [0, 0.1) is 0 Å². The molecule has 4 N–H and O–H groups in total. The molecule has 0 radical (unpaired) electrons. The molecule has 1 atom stereocenters. The standard InChI is InChI=1S/C11H16N6O/c12-16-9-7-17-4-3-13-11(17)10(15-9)14-6-8-2-1-5-18-8/h3-4,7-8,16H,1-2,5-6,12H2,(H,14,15). The molecule has 2 aromatic heterocycles. The number of aromatic nitrogens is 3. The first kappa shape index (κ1) is 11.2. The van der Waals surface area contributed by atoms with Crippen LogP contribution in [0.1, 0.15) is 12.8 Å². The van der Waals surface area contributed by atoms with E-state index < -0.39 is 0 Å². The fourth-order valence-electron chi connectivity index (χ4n) is 2.14. The summed E-state index contributed by atoms with van der Waals surface area (Å²) in [5.74, 6) is 6.70. The molecule has 0 spiro atoms. The van der Waals surface area contributed by atoms with Crippen molar-refractivity contribution in [3.63, 3.8) is 0 Å². The molecule has 0 amide bonds. The Morgan fingerprint density at radius 1 is 1.56 bits per heavy atom. The number of hydrazine groups is 1. The molecular weight excluding hydrogens is 232 g/mol. The Morgan fingerprint density at radius 3 is 3.28 bits per heavy atom. The van der Waals surface area contributed by atoms with Crippen molar-refractivity contribution in [1.82, 2.24) is 14.4 Å². The molecule has 7 heteroatoms. The molecule has 0 saturated carbocycles. The Morgan fingerprint density at radius 2 is 2.50 bits per heavy atom. The third kappa shape index (κ3) is 2.09. The molecule has 96 valence electrons. The van der Waals surface area contributed by atoms with Gasteiger partial charge in [-0.25, -0.2) is 15.8 Å². The summed E-state index contributed by atoms with van der Waals surface area (Å²) in [5.41, 5.74) is 3.33. The van der Waals surface area contributed by atoms with Crippen molar-refractivity contribution in [2.75, 3.05) is 23.9 Å². The highest BCUT2D eigenvalue weighted by molar-refractivity contribution is 5.65. The minimum absolute atomic E-state index is 0.260. The largest absolute Gasteiger partial charge is 0.376 e. The first-order chi connectivity index (χ1) is 8.86. The minimum Gasteiger partial charge on any atom is -0.376 e. The number of nitrogen functional groups attached to an aromatic ring is 1. The van der Waals surface area contributed by atoms with Crippen LogP contribution in [0.15, 0.2) is 18.6 Å². The number of ether oxygens (including phenoxy) is 1. The van der Waals surface area contributed by atoms with E-state index in [1.54, 1.807) is 12.4 Å². The van der Waals surface area contributed by atoms with Crippen LogP contribution >= 0.6 is 0 Å². The van der Waals surface area contributed by atoms with Gasteiger partial charge >= 0.3 is 0 Å². The van der Waals surface area contributed by atoms with Crippen molar-refractivity contribution in [2.45, 2.75) is 18.9 Å². The maximum atomic E-state index is 5.57. The number of nitrogens with one attached hydrogen (secondary N) is 2. The Labute approximate surface area is 104 Å². The van der Waals surface area contributed by atoms with Gasteiger partial charge in [0, 0.05) is 25.5 Å². The Balaban J connectivity index is 1.82. The summed E-state index contributed by atoms with van der Waals surface area (Å²) in [6, 6.07) is 0. The Kier molecular flexibility index (Phi) is 2.99. The summed E-state index contributed by atoms with van der Waals surface area (Å²) in [4.78, 5) is 8.63. The van der Waals surface area contributed by atoms with Crippen molar-refractivity contribution in [2.24, 2.45) is 5.84 Å². The highest BCUT2D eigenvalue weighted by Gasteiger charge is 2.16. The second-order valence-electron chi connectivity index (χ2n) is 4.29. The van der Waals surface area contributed by atoms with E-state index in [-0.39, 0.29) is 6.10 Å². The maximum absolute atomic E-state index is 5.57. The molecule has 0 aromatic carbocycles. The summed E-state index contributed by atoms with van der Waals surface area (Å²) in [5, 5.41) is 3.28. The van der Waals surface area contributed by atoms with Gasteiger partial charge in [0.05, 0.1) is 12.3 Å². The lowest BCUT2D eigenvalue weighted by atomic mass is 10.2. The Bertz CT molecular complexity index is 533. The SMILES string of the molecule is NNc1cn2ccnc2c(NCC2CCCO2)n1. The van der Waals surface area contributed by atoms with Gasteiger partial charge < -0.3 is 19.9 Å². The molecular formula is C11H16N6O. The quantitative estimate of drug-likeness (QED) is 0.542. The summed E-state index contributed by atoms with van der Waals surface area (Å²) < 4.78 is 7.44. The van der Waals surface area contributed by atoms with E-state index in [0.717, 1.165) is 31.6 Å². The highest BCUT2D eigenvalue weighted by Crippen LogP contribution is 2.17. The summed E-state index contributed by atoms with van der Waals surface area (Å²) in [7, 11) is 0.